The van der Waals surface area contributed by atoms with Crippen LogP contribution in [0.25, 0.3) is 99.7 Å². The van der Waals surface area contributed by atoms with E-state index in [-0.39, 0.29) is 0 Å². The number of para-hydroxylation sites is 2. The van der Waals surface area contributed by atoms with Gasteiger partial charge in [0.2, 0.25) is 0 Å². The number of rotatable bonds is 5. The molecule has 0 aliphatic carbocycles. The second kappa shape index (κ2) is 12.1. The van der Waals surface area contributed by atoms with E-state index in [2.05, 4.69) is 179 Å². The summed E-state index contributed by atoms with van der Waals surface area (Å²) in [5.74, 6) is 0.708. The first-order valence-corrected chi connectivity index (χ1v) is 18.3. The Labute approximate surface area is 311 Å². The van der Waals surface area contributed by atoms with E-state index in [0.717, 1.165) is 45.0 Å². The van der Waals surface area contributed by atoms with Gasteiger partial charge in [-0.05, 0) is 65.4 Å². The van der Waals surface area contributed by atoms with Crippen LogP contribution in [-0.4, -0.2) is 19.1 Å². The summed E-state index contributed by atoms with van der Waals surface area (Å²) < 4.78 is 4.83. The fraction of sp³-hybridized carbons (Fsp3) is 0. The first kappa shape index (κ1) is 30.3. The van der Waals surface area contributed by atoms with Crippen LogP contribution >= 0.6 is 0 Å². The first-order valence-electron chi connectivity index (χ1n) is 18.3. The Hall–Kier alpha value is -7.30. The molecule has 3 aromatic heterocycles. The van der Waals surface area contributed by atoms with Crippen molar-refractivity contribution in [1.29, 1.82) is 0 Å². The van der Waals surface area contributed by atoms with E-state index in [4.69, 9.17) is 9.97 Å². The van der Waals surface area contributed by atoms with Crippen LogP contribution in [0.2, 0.25) is 0 Å². The van der Waals surface area contributed by atoms with Gasteiger partial charge in [-0.3, -0.25) is 0 Å². The molecule has 0 bridgehead atoms. The van der Waals surface area contributed by atoms with Crippen LogP contribution in [0.15, 0.2) is 194 Å². The van der Waals surface area contributed by atoms with Crippen LogP contribution in [0.1, 0.15) is 0 Å². The Bertz CT molecular complexity index is 3150. The summed E-state index contributed by atoms with van der Waals surface area (Å²) in [5, 5.41) is 7.45. The highest BCUT2D eigenvalue weighted by Crippen LogP contribution is 2.43. The Morgan fingerprint density at radius 1 is 0.315 bits per heavy atom. The molecule has 0 saturated carbocycles. The Kier molecular flexibility index (Phi) is 6.82. The molecule has 0 radical (unpaired) electrons. The van der Waals surface area contributed by atoms with Crippen molar-refractivity contribution in [3.8, 4) is 45.3 Å². The normalized spacial score (nSPS) is 11.7. The average Bonchev–Trinajstić information content (AvgIpc) is 3.77. The minimum absolute atomic E-state index is 0.708. The molecule has 0 spiro atoms. The van der Waals surface area contributed by atoms with E-state index in [9.17, 15) is 0 Å². The molecule has 11 aromatic rings. The van der Waals surface area contributed by atoms with E-state index >= 15 is 0 Å². The average molecular weight is 689 g/mol. The lowest BCUT2D eigenvalue weighted by Crippen LogP contribution is -1.98. The van der Waals surface area contributed by atoms with Crippen molar-refractivity contribution in [1.82, 2.24) is 19.1 Å². The van der Waals surface area contributed by atoms with Gasteiger partial charge in [-0.15, -0.1) is 0 Å². The van der Waals surface area contributed by atoms with Crippen LogP contribution in [-0.2, 0) is 0 Å². The maximum absolute atomic E-state index is 5.15. The number of hydrogen-bond acceptors (Lipinski definition) is 2. The first-order chi connectivity index (χ1) is 26.8. The van der Waals surface area contributed by atoms with Crippen molar-refractivity contribution in [3.05, 3.63) is 194 Å². The molecule has 0 unspecified atom stereocenters. The molecule has 252 valence electrons. The number of nitrogens with zero attached hydrogens (tertiary/aromatic N) is 4. The molecule has 0 amide bonds. The van der Waals surface area contributed by atoms with E-state index < -0.39 is 0 Å². The Morgan fingerprint density at radius 3 is 1.50 bits per heavy atom. The van der Waals surface area contributed by atoms with Crippen molar-refractivity contribution in [2.24, 2.45) is 0 Å². The summed E-state index contributed by atoms with van der Waals surface area (Å²) in [4.78, 5) is 10.2. The molecule has 3 heterocycles. The van der Waals surface area contributed by atoms with Crippen molar-refractivity contribution in [3.63, 3.8) is 0 Å². The number of hydrogen-bond donors (Lipinski definition) is 0. The van der Waals surface area contributed by atoms with Gasteiger partial charge in [0.1, 0.15) is 0 Å². The second-order valence-electron chi connectivity index (χ2n) is 13.8. The van der Waals surface area contributed by atoms with Crippen molar-refractivity contribution in [2.75, 3.05) is 0 Å². The van der Waals surface area contributed by atoms with Crippen molar-refractivity contribution in [2.45, 2.75) is 0 Å². The third kappa shape index (κ3) is 4.78. The van der Waals surface area contributed by atoms with Crippen molar-refractivity contribution >= 4 is 54.4 Å². The SMILES string of the molecule is c1ccc(-c2cc(-c3cccc(-n4c5ccccc5c5c6c7ccccc7n(-c7ccc8ccccc8c7)c6ccc54)c3)nc(-c3ccccc3)n2)cc1. The molecular formula is C50H32N4. The molecule has 0 aliphatic heterocycles. The zero-order valence-electron chi connectivity index (χ0n) is 29.3. The predicted molar refractivity (Wildman–Crippen MR) is 225 cm³/mol. The Balaban J connectivity index is 1.14. The summed E-state index contributed by atoms with van der Waals surface area (Å²) in [5.41, 5.74) is 11.8. The van der Waals surface area contributed by atoms with Gasteiger partial charge >= 0.3 is 0 Å². The van der Waals surface area contributed by atoms with Crippen LogP contribution in [0.4, 0.5) is 0 Å². The van der Waals surface area contributed by atoms with Gasteiger partial charge < -0.3 is 9.13 Å². The Morgan fingerprint density at radius 2 is 0.833 bits per heavy atom. The third-order valence-corrected chi connectivity index (χ3v) is 10.7. The topological polar surface area (TPSA) is 35.6 Å². The van der Waals surface area contributed by atoms with Crippen LogP contribution < -0.4 is 0 Å². The van der Waals surface area contributed by atoms with Gasteiger partial charge in [-0.25, -0.2) is 9.97 Å². The van der Waals surface area contributed by atoms with Gasteiger partial charge in [0, 0.05) is 49.6 Å². The zero-order valence-corrected chi connectivity index (χ0v) is 29.3. The molecular weight excluding hydrogens is 657 g/mol. The maximum atomic E-state index is 5.15. The number of aromatic nitrogens is 4. The summed E-state index contributed by atoms with van der Waals surface area (Å²) in [7, 11) is 0. The van der Waals surface area contributed by atoms with E-state index in [1.165, 1.54) is 48.9 Å². The molecule has 0 fully saturated rings. The highest BCUT2D eigenvalue weighted by Gasteiger charge is 2.21. The third-order valence-electron chi connectivity index (χ3n) is 10.7. The second-order valence-corrected chi connectivity index (χ2v) is 13.8. The highest BCUT2D eigenvalue weighted by molar-refractivity contribution is 6.29. The van der Waals surface area contributed by atoms with Crippen molar-refractivity contribution < 1.29 is 0 Å². The quantitative estimate of drug-likeness (QED) is 0.180. The molecule has 4 nitrogen and oxygen atoms in total. The number of benzene rings is 8. The molecule has 0 saturated heterocycles. The minimum Gasteiger partial charge on any atom is -0.309 e. The van der Waals surface area contributed by atoms with E-state index in [1.807, 2.05) is 24.3 Å². The van der Waals surface area contributed by atoms with Crippen LogP contribution in [0.5, 0.6) is 0 Å². The predicted octanol–water partition coefficient (Wildman–Crippen LogP) is 12.8. The summed E-state index contributed by atoms with van der Waals surface area (Å²) in [6.07, 6.45) is 0. The molecule has 0 N–H and O–H groups in total. The van der Waals surface area contributed by atoms with Crippen LogP contribution in [0, 0.1) is 0 Å². The standard InChI is InChI=1S/C50H32N4/c1-3-15-34(16-4-1)42-32-43(52-50(51-42)35-17-5-2-6-18-35)37-20-13-21-38(31-37)53-44-24-11-9-22-40(44)48-46(53)28-29-47-49(48)41-23-10-12-25-45(41)54(47)39-27-26-33-14-7-8-19-36(33)30-39/h1-32H. The van der Waals surface area contributed by atoms with Gasteiger partial charge in [0.25, 0.3) is 0 Å². The molecule has 8 aromatic carbocycles. The number of fused-ring (bicyclic) bond motifs is 8. The van der Waals surface area contributed by atoms with Gasteiger partial charge in [-0.2, -0.15) is 0 Å². The van der Waals surface area contributed by atoms with Gasteiger partial charge in [-0.1, -0.05) is 140 Å². The largest absolute Gasteiger partial charge is 0.309 e. The molecule has 54 heavy (non-hydrogen) atoms. The monoisotopic (exact) mass is 688 g/mol. The van der Waals surface area contributed by atoms with Gasteiger partial charge in [0.05, 0.1) is 33.5 Å². The minimum atomic E-state index is 0.708. The summed E-state index contributed by atoms with van der Waals surface area (Å²) in [6.45, 7) is 0. The molecule has 0 aliphatic rings. The lowest BCUT2D eigenvalue weighted by molar-refractivity contribution is 1.16. The highest BCUT2D eigenvalue weighted by atomic mass is 15.0. The fourth-order valence-corrected chi connectivity index (χ4v) is 8.26. The fourth-order valence-electron chi connectivity index (χ4n) is 8.26. The summed E-state index contributed by atoms with van der Waals surface area (Å²) >= 11 is 0. The maximum Gasteiger partial charge on any atom is 0.160 e. The van der Waals surface area contributed by atoms with E-state index in [0.29, 0.717) is 5.82 Å². The van der Waals surface area contributed by atoms with Crippen LogP contribution in [0.3, 0.4) is 0 Å². The van der Waals surface area contributed by atoms with Gasteiger partial charge in [0.15, 0.2) is 5.82 Å². The summed E-state index contributed by atoms with van der Waals surface area (Å²) in [6, 6.07) is 69.0. The lowest BCUT2D eigenvalue weighted by atomic mass is 10.1. The van der Waals surface area contributed by atoms with E-state index in [1.54, 1.807) is 0 Å². The smallest absolute Gasteiger partial charge is 0.160 e. The zero-order chi connectivity index (χ0) is 35.6. The lowest BCUT2D eigenvalue weighted by Gasteiger charge is -2.12. The molecule has 4 heteroatoms. The molecule has 11 rings (SSSR count). The molecule has 0 atom stereocenters.